The second kappa shape index (κ2) is 9.75. The molecule has 8 rings (SSSR count). The highest BCUT2D eigenvalue weighted by atomic mass is 19.2. The van der Waals surface area contributed by atoms with Crippen LogP contribution in [-0.2, 0) is 0 Å². The van der Waals surface area contributed by atoms with E-state index in [1.807, 2.05) is 4.90 Å². The van der Waals surface area contributed by atoms with E-state index in [-0.39, 0.29) is 58.0 Å². The minimum atomic E-state index is -1.17. The van der Waals surface area contributed by atoms with Gasteiger partial charge in [0, 0.05) is 55.3 Å². The molecule has 4 atom stereocenters. The summed E-state index contributed by atoms with van der Waals surface area (Å²) in [5.41, 5.74) is -0.973. The van der Waals surface area contributed by atoms with Crippen LogP contribution in [0.1, 0.15) is 19.3 Å². The van der Waals surface area contributed by atoms with Crippen LogP contribution >= 0.6 is 0 Å². The van der Waals surface area contributed by atoms with Gasteiger partial charge in [0.15, 0.2) is 17.5 Å². The van der Waals surface area contributed by atoms with Gasteiger partial charge in [0.1, 0.15) is 35.6 Å². The molecule has 2 bridgehead atoms. The summed E-state index contributed by atoms with van der Waals surface area (Å²) in [7, 11) is 0. The van der Waals surface area contributed by atoms with Crippen molar-refractivity contribution >= 4 is 27.5 Å². The smallest absolute Gasteiger partial charge is 0.319 e. The average Bonchev–Trinajstić information content (AvgIpc) is 3.63. The molecule has 0 spiro atoms. The number of benzene rings is 2. The molecule has 8 nitrogen and oxygen atoms in total. The predicted octanol–water partition coefficient (Wildman–Crippen LogP) is 4.64. The van der Waals surface area contributed by atoms with Crippen molar-refractivity contribution in [2.24, 2.45) is 0 Å². The number of phenolic OH excluding ortho intramolecular Hbond substituents is 1. The number of pyridine rings is 1. The normalized spacial score (nSPS) is 26.6. The Morgan fingerprint density at radius 2 is 1.86 bits per heavy atom. The van der Waals surface area contributed by atoms with Gasteiger partial charge in [-0.3, -0.25) is 9.88 Å². The number of alkyl halides is 1. The average molecular weight is 593 g/mol. The molecule has 0 radical (unpaired) electrons. The number of anilines is 1. The molecule has 2 aromatic heterocycles. The van der Waals surface area contributed by atoms with Gasteiger partial charge in [0.05, 0.1) is 10.9 Å². The second-order valence-electron chi connectivity index (χ2n) is 12.0. The van der Waals surface area contributed by atoms with E-state index in [2.05, 4.69) is 32.3 Å². The number of halogens is 4. The SMILES string of the molecule is Oc1cc(-c2ncc3c(N4C[C@H]5C=C[C@@H](C4)N5)nc(OC[C@@]45CCCN4C[C@H](F)C5)nc3c2F)c2c(F)c(F)ccc2c1. The molecule has 4 aromatic rings. The van der Waals surface area contributed by atoms with Gasteiger partial charge in [0.25, 0.3) is 0 Å². The van der Waals surface area contributed by atoms with Crippen molar-refractivity contribution in [3.63, 3.8) is 0 Å². The number of fused-ring (bicyclic) bond motifs is 5. The fourth-order valence-corrected chi connectivity index (χ4v) is 7.33. The lowest BCUT2D eigenvalue weighted by Gasteiger charge is -2.34. The maximum atomic E-state index is 16.5. The van der Waals surface area contributed by atoms with Gasteiger partial charge in [-0.25, -0.2) is 17.6 Å². The van der Waals surface area contributed by atoms with E-state index in [1.165, 1.54) is 18.3 Å². The molecule has 43 heavy (non-hydrogen) atoms. The van der Waals surface area contributed by atoms with E-state index in [4.69, 9.17) is 9.72 Å². The van der Waals surface area contributed by atoms with Crippen molar-refractivity contribution in [3.8, 4) is 23.0 Å². The Hall–Kier alpha value is -4.03. The highest BCUT2D eigenvalue weighted by Gasteiger charge is 2.49. The van der Waals surface area contributed by atoms with Crippen LogP contribution in [0.15, 0.2) is 42.6 Å². The zero-order valence-electron chi connectivity index (χ0n) is 23.0. The number of hydrogen-bond donors (Lipinski definition) is 2. The third-order valence-corrected chi connectivity index (χ3v) is 9.26. The third-order valence-electron chi connectivity index (χ3n) is 9.26. The third kappa shape index (κ3) is 4.29. The van der Waals surface area contributed by atoms with E-state index in [0.29, 0.717) is 37.3 Å². The number of phenols is 1. The molecular weight excluding hydrogens is 564 g/mol. The van der Waals surface area contributed by atoms with Crippen LogP contribution in [0.25, 0.3) is 32.9 Å². The minimum Gasteiger partial charge on any atom is -0.508 e. The first kappa shape index (κ1) is 26.6. The zero-order chi connectivity index (χ0) is 29.5. The van der Waals surface area contributed by atoms with Crippen molar-refractivity contribution in [2.75, 3.05) is 37.7 Å². The molecule has 4 aliphatic rings. The fourth-order valence-electron chi connectivity index (χ4n) is 7.33. The number of aromatic hydroxyl groups is 1. The van der Waals surface area contributed by atoms with Gasteiger partial charge in [-0.1, -0.05) is 18.2 Å². The summed E-state index contributed by atoms with van der Waals surface area (Å²) in [5.74, 6) is -2.98. The van der Waals surface area contributed by atoms with E-state index in [9.17, 15) is 13.9 Å². The fraction of sp³-hybridized carbons (Fsp3) is 0.387. The number of rotatable bonds is 5. The van der Waals surface area contributed by atoms with Crippen LogP contribution in [0.3, 0.4) is 0 Å². The Labute approximate surface area is 244 Å². The Morgan fingerprint density at radius 1 is 1.05 bits per heavy atom. The molecule has 0 saturated carbocycles. The number of ether oxygens (including phenoxy) is 1. The summed E-state index contributed by atoms with van der Waals surface area (Å²) in [5, 5.41) is 14.1. The van der Waals surface area contributed by atoms with E-state index in [1.54, 1.807) is 0 Å². The van der Waals surface area contributed by atoms with Crippen LogP contribution in [-0.4, -0.2) is 81.5 Å². The van der Waals surface area contributed by atoms with Crippen molar-refractivity contribution < 1.29 is 27.4 Å². The first-order chi connectivity index (χ1) is 20.8. The first-order valence-corrected chi connectivity index (χ1v) is 14.5. The summed E-state index contributed by atoms with van der Waals surface area (Å²) >= 11 is 0. The first-order valence-electron chi connectivity index (χ1n) is 14.5. The lowest BCUT2D eigenvalue weighted by atomic mass is 9.95. The molecule has 2 N–H and O–H groups in total. The molecule has 3 saturated heterocycles. The molecule has 12 heteroatoms. The molecule has 0 amide bonds. The summed E-state index contributed by atoms with van der Waals surface area (Å²) in [4.78, 5) is 17.6. The summed E-state index contributed by atoms with van der Waals surface area (Å²) in [6, 6.07) is 4.81. The number of hydrogen-bond acceptors (Lipinski definition) is 8. The number of aromatic nitrogens is 3. The van der Waals surface area contributed by atoms with Crippen LogP contribution < -0.4 is 15.0 Å². The van der Waals surface area contributed by atoms with Crippen molar-refractivity contribution in [3.05, 3.63) is 60.1 Å². The predicted molar refractivity (Wildman–Crippen MR) is 152 cm³/mol. The van der Waals surface area contributed by atoms with Gasteiger partial charge in [-0.15, -0.1) is 0 Å². The van der Waals surface area contributed by atoms with Crippen molar-refractivity contribution in [1.82, 2.24) is 25.2 Å². The Kier molecular flexibility index (Phi) is 6.03. The van der Waals surface area contributed by atoms with E-state index in [0.717, 1.165) is 31.5 Å². The number of nitrogens with one attached hydrogen (secondary N) is 1. The summed E-state index contributed by atoms with van der Waals surface area (Å²) in [6.07, 6.45) is 6.74. The lowest BCUT2D eigenvalue weighted by molar-refractivity contribution is 0.107. The van der Waals surface area contributed by atoms with Crippen molar-refractivity contribution in [2.45, 2.75) is 43.1 Å². The van der Waals surface area contributed by atoms with E-state index >= 15 is 8.78 Å². The molecule has 6 heterocycles. The van der Waals surface area contributed by atoms with Gasteiger partial charge >= 0.3 is 6.01 Å². The van der Waals surface area contributed by atoms with E-state index < -0.39 is 29.2 Å². The van der Waals surface area contributed by atoms with Crippen LogP contribution in [0.5, 0.6) is 11.8 Å². The van der Waals surface area contributed by atoms with Crippen LogP contribution in [0.4, 0.5) is 23.4 Å². The highest BCUT2D eigenvalue weighted by molar-refractivity contribution is 6.00. The topological polar surface area (TPSA) is 86.6 Å². The molecule has 0 aliphatic carbocycles. The van der Waals surface area contributed by atoms with Gasteiger partial charge in [-0.05, 0) is 43.0 Å². The van der Waals surface area contributed by atoms with Crippen molar-refractivity contribution in [1.29, 1.82) is 0 Å². The maximum absolute atomic E-state index is 16.5. The second-order valence-corrected chi connectivity index (χ2v) is 12.0. The number of nitrogens with zero attached hydrogens (tertiary/aromatic N) is 5. The Balaban J connectivity index is 1.27. The molecule has 2 aromatic carbocycles. The quantitative estimate of drug-likeness (QED) is 0.256. The standard InChI is InChI=1S/C31H28F4N6O2/c32-17-10-31(6-1-7-41(31)12-17)15-43-30-38-28-22(29(39-30)40-13-18-3-4-19(14-40)37-18)11-36-27(26(28)35)21-9-20(42)8-16-2-5-23(33)25(34)24(16)21/h2-5,8-9,11,17-19,37,42H,1,6-7,10,12-15H2/t17-,18-,19+,31+/m1/s1. The molecular formula is C31H28F4N6O2. The Morgan fingerprint density at radius 3 is 2.67 bits per heavy atom. The van der Waals surface area contributed by atoms with Gasteiger partial charge in [-0.2, -0.15) is 9.97 Å². The van der Waals surface area contributed by atoms with Gasteiger partial charge < -0.3 is 20.1 Å². The maximum Gasteiger partial charge on any atom is 0.319 e. The molecule has 222 valence electrons. The number of piperazine rings is 1. The monoisotopic (exact) mass is 592 g/mol. The van der Waals surface area contributed by atoms with Crippen LogP contribution in [0, 0.1) is 17.5 Å². The molecule has 3 fully saturated rings. The zero-order valence-corrected chi connectivity index (χ0v) is 23.0. The van der Waals surface area contributed by atoms with Gasteiger partial charge in [0.2, 0.25) is 0 Å². The highest BCUT2D eigenvalue weighted by Crippen LogP contribution is 2.41. The minimum absolute atomic E-state index is 0.0566. The molecule has 0 unspecified atom stereocenters. The van der Waals surface area contributed by atoms with Crippen LogP contribution in [0.2, 0.25) is 0 Å². The molecule has 4 aliphatic heterocycles. The largest absolute Gasteiger partial charge is 0.508 e. The Bertz CT molecular complexity index is 1810. The lowest BCUT2D eigenvalue weighted by Crippen LogP contribution is -2.52. The summed E-state index contributed by atoms with van der Waals surface area (Å²) < 4.78 is 66.4. The summed E-state index contributed by atoms with van der Waals surface area (Å²) in [6.45, 7) is 2.47.